The number of nitrogens with zero attached hydrogens (tertiary/aromatic N) is 1. The Kier molecular flexibility index (Phi) is 4.73. The maximum Gasteiger partial charge on any atom is 0.00381 e. The lowest BCUT2D eigenvalue weighted by Crippen LogP contribution is -2.49. The van der Waals surface area contributed by atoms with Crippen LogP contribution in [0.15, 0.2) is 0 Å². The van der Waals surface area contributed by atoms with Crippen LogP contribution in [-0.4, -0.2) is 37.6 Å². The largest absolute Gasteiger partial charge is 0.317 e. The van der Waals surface area contributed by atoms with E-state index in [2.05, 4.69) is 10.2 Å². The summed E-state index contributed by atoms with van der Waals surface area (Å²) in [5, 5.41) is 3.47. The molecule has 2 saturated heterocycles. The third-order valence-corrected chi connectivity index (χ3v) is 5.13. The SMILES string of the molecule is C1CN(CC2CCNCC2)CC2(C1)CCC2.Cl. The van der Waals surface area contributed by atoms with E-state index in [9.17, 15) is 0 Å². The monoisotopic (exact) mass is 258 g/mol. The first-order valence-electron chi connectivity index (χ1n) is 7.29. The maximum absolute atomic E-state index is 3.47. The van der Waals surface area contributed by atoms with Gasteiger partial charge in [-0.3, -0.25) is 0 Å². The van der Waals surface area contributed by atoms with Gasteiger partial charge < -0.3 is 10.2 Å². The van der Waals surface area contributed by atoms with Crippen LogP contribution in [0.4, 0.5) is 0 Å². The van der Waals surface area contributed by atoms with Crippen LogP contribution in [0, 0.1) is 11.3 Å². The maximum atomic E-state index is 3.47. The van der Waals surface area contributed by atoms with E-state index < -0.39 is 0 Å². The van der Waals surface area contributed by atoms with Crippen LogP contribution in [0.25, 0.3) is 0 Å². The minimum absolute atomic E-state index is 0. The molecule has 3 fully saturated rings. The molecule has 0 bridgehead atoms. The average Bonchev–Trinajstić information content (AvgIpc) is 2.29. The molecule has 0 amide bonds. The van der Waals surface area contributed by atoms with Crippen LogP contribution in [0.2, 0.25) is 0 Å². The molecule has 0 atom stereocenters. The van der Waals surface area contributed by atoms with Crippen molar-refractivity contribution in [3.05, 3.63) is 0 Å². The molecule has 1 spiro atoms. The summed E-state index contributed by atoms with van der Waals surface area (Å²) in [6.45, 7) is 6.71. The van der Waals surface area contributed by atoms with Crippen molar-refractivity contribution in [1.82, 2.24) is 10.2 Å². The molecule has 3 rings (SSSR count). The first-order chi connectivity index (χ1) is 7.86. The van der Waals surface area contributed by atoms with E-state index in [1.165, 1.54) is 77.7 Å². The second kappa shape index (κ2) is 5.90. The van der Waals surface area contributed by atoms with Gasteiger partial charge in [-0.15, -0.1) is 12.4 Å². The summed E-state index contributed by atoms with van der Waals surface area (Å²) in [5.74, 6) is 0.983. The number of piperidine rings is 2. The predicted octanol–water partition coefficient (Wildman–Crippen LogP) is 2.67. The van der Waals surface area contributed by atoms with Crippen molar-refractivity contribution < 1.29 is 0 Å². The van der Waals surface area contributed by atoms with Crippen molar-refractivity contribution in [2.75, 3.05) is 32.7 Å². The number of rotatable bonds is 2. The Bertz CT molecular complexity index is 234. The number of hydrogen-bond donors (Lipinski definition) is 1. The molecule has 2 aliphatic heterocycles. The Morgan fingerprint density at radius 2 is 1.76 bits per heavy atom. The molecule has 1 aliphatic carbocycles. The summed E-state index contributed by atoms with van der Waals surface area (Å²) in [6, 6.07) is 0. The van der Waals surface area contributed by atoms with Gasteiger partial charge in [-0.1, -0.05) is 6.42 Å². The number of nitrogens with one attached hydrogen (secondary N) is 1. The van der Waals surface area contributed by atoms with Gasteiger partial charge in [-0.25, -0.2) is 0 Å². The van der Waals surface area contributed by atoms with Crippen molar-refractivity contribution in [3.8, 4) is 0 Å². The Morgan fingerprint density at radius 3 is 2.41 bits per heavy atom. The van der Waals surface area contributed by atoms with Gasteiger partial charge in [0.2, 0.25) is 0 Å². The van der Waals surface area contributed by atoms with Crippen LogP contribution in [0.1, 0.15) is 44.9 Å². The van der Waals surface area contributed by atoms with Crippen LogP contribution in [-0.2, 0) is 0 Å². The third-order valence-electron chi connectivity index (χ3n) is 5.13. The van der Waals surface area contributed by atoms with Crippen molar-refractivity contribution in [1.29, 1.82) is 0 Å². The second-order valence-corrected chi connectivity index (χ2v) is 6.39. The highest BCUT2D eigenvalue weighted by Crippen LogP contribution is 2.47. The van der Waals surface area contributed by atoms with Gasteiger partial charge in [0.25, 0.3) is 0 Å². The summed E-state index contributed by atoms with van der Waals surface area (Å²) in [4.78, 5) is 2.79. The van der Waals surface area contributed by atoms with Crippen molar-refractivity contribution >= 4 is 12.4 Å². The number of halogens is 1. The molecule has 17 heavy (non-hydrogen) atoms. The smallest absolute Gasteiger partial charge is 0.00381 e. The lowest BCUT2D eigenvalue weighted by atomic mass is 9.64. The topological polar surface area (TPSA) is 15.3 Å². The van der Waals surface area contributed by atoms with Crippen LogP contribution < -0.4 is 5.32 Å². The molecule has 100 valence electrons. The van der Waals surface area contributed by atoms with E-state index in [4.69, 9.17) is 0 Å². The Hall–Kier alpha value is 0.210. The standard InChI is InChI=1S/C14H26N2.ClH/c1-5-14(6-1)7-2-10-16(12-14)11-13-3-8-15-9-4-13;/h13,15H,1-12H2;1H. The molecular weight excluding hydrogens is 232 g/mol. The molecule has 0 aromatic rings. The molecule has 0 aromatic carbocycles. The Balaban J connectivity index is 0.00000108. The minimum Gasteiger partial charge on any atom is -0.317 e. The van der Waals surface area contributed by atoms with Gasteiger partial charge in [0.1, 0.15) is 0 Å². The van der Waals surface area contributed by atoms with Gasteiger partial charge in [-0.05, 0) is 69.5 Å². The first kappa shape index (κ1) is 13.6. The predicted molar refractivity (Wildman–Crippen MR) is 74.8 cm³/mol. The zero-order valence-electron chi connectivity index (χ0n) is 10.9. The minimum atomic E-state index is 0. The van der Waals surface area contributed by atoms with Gasteiger partial charge >= 0.3 is 0 Å². The van der Waals surface area contributed by atoms with Crippen molar-refractivity contribution in [2.24, 2.45) is 11.3 Å². The van der Waals surface area contributed by atoms with Gasteiger partial charge in [-0.2, -0.15) is 0 Å². The third kappa shape index (κ3) is 3.15. The highest BCUT2D eigenvalue weighted by molar-refractivity contribution is 5.85. The molecule has 3 heteroatoms. The van der Waals surface area contributed by atoms with Crippen LogP contribution in [0.5, 0.6) is 0 Å². The van der Waals surface area contributed by atoms with Crippen LogP contribution in [0.3, 0.4) is 0 Å². The molecule has 1 N–H and O–H groups in total. The van der Waals surface area contributed by atoms with E-state index in [1.807, 2.05) is 0 Å². The molecule has 0 unspecified atom stereocenters. The first-order valence-corrected chi connectivity index (χ1v) is 7.29. The highest BCUT2D eigenvalue weighted by atomic mass is 35.5. The summed E-state index contributed by atoms with van der Waals surface area (Å²) < 4.78 is 0. The molecule has 2 heterocycles. The van der Waals surface area contributed by atoms with E-state index in [0.717, 1.165) is 11.3 Å². The fourth-order valence-electron chi connectivity index (χ4n) is 3.98. The fourth-order valence-corrected chi connectivity index (χ4v) is 3.98. The van der Waals surface area contributed by atoms with Crippen LogP contribution >= 0.6 is 12.4 Å². The molecule has 0 aromatic heterocycles. The van der Waals surface area contributed by atoms with Crippen molar-refractivity contribution in [3.63, 3.8) is 0 Å². The summed E-state index contributed by atoms with van der Waals surface area (Å²) in [7, 11) is 0. The molecule has 3 aliphatic rings. The quantitative estimate of drug-likeness (QED) is 0.819. The van der Waals surface area contributed by atoms with Gasteiger partial charge in [0.05, 0.1) is 0 Å². The number of hydrogen-bond acceptors (Lipinski definition) is 2. The molecule has 1 saturated carbocycles. The second-order valence-electron chi connectivity index (χ2n) is 6.39. The molecule has 2 nitrogen and oxygen atoms in total. The Labute approximate surface area is 112 Å². The lowest BCUT2D eigenvalue weighted by Gasteiger charge is -2.49. The fraction of sp³-hybridized carbons (Fsp3) is 1.00. The van der Waals surface area contributed by atoms with Gasteiger partial charge in [0.15, 0.2) is 0 Å². The van der Waals surface area contributed by atoms with E-state index in [1.54, 1.807) is 0 Å². The molecule has 0 radical (unpaired) electrons. The zero-order valence-corrected chi connectivity index (χ0v) is 11.7. The summed E-state index contributed by atoms with van der Waals surface area (Å²) >= 11 is 0. The van der Waals surface area contributed by atoms with Crippen molar-refractivity contribution in [2.45, 2.75) is 44.9 Å². The van der Waals surface area contributed by atoms with E-state index in [0.29, 0.717) is 0 Å². The van der Waals surface area contributed by atoms with E-state index >= 15 is 0 Å². The summed E-state index contributed by atoms with van der Waals surface area (Å²) in [5.41, 5.74) is 0.783. The lowest BCUT2D eigenvalue weighted by molar-refractivity contribution is 0.0115. The molecular formula is C14H27ClN2. The zero-order chi connectivity index (χ0) is 10.8. The number of likely N-dealkylation sites (tertiary alicyclic amines) is 1. The van der Waals surface area contributed by atoms with Gasteiger partial charge in [0, 0.05) is 13.1 Å². The highest BCUT2D eigenvalue weighted by Gasteiger charge is 2.40. The summed E-state index contributed by atoms with van der Waals surface area (Å²) in [6.07, 6.45) is 10.3. The average molecular weight is 259 g/mol. The van der Waals surface area contributed by atoms with E-state index in [-0.39, 0.29) is 12.4 Å². The normalized spacial score (nSPS) is 29.6. The Morgan fingerprint density at radius 1 is 1.06 bits per heavy atom.